The van der Waals surface area contributed by atoms with Crippen LogP contribution in [0.1, 0.15) is 37.0 Å². The molecule has 1 aromatic heterocycles. The fraction of sp³-hybridized carbons (Fsp3) is 0.714. The lowest BCUT2D eigenvalue weighted by Crippen LogP contribution is -2.27. The zero-order valence-corrected chi connectivity index (χ0v) is 12.0. The first kappa shape index (κ1) is 15.6. The van der Waals surface area contributed by atoms with Gasteiger partial charge in [-0.2, -0.15) is 0 Å². The molecular formula is C14H27N3S. The number of rotatable bonds is 3. The van der Waals surface area contributed by atoms with Gasteiger partial charge in [0.1, 0.15) is 0 Å². The van der Waals surface area contributed by atoms with E-state index < -0.39 is 0 Å². The molecule has 0 aliphatic heterocycles. The molecule has 3 rings (SSSR count). The van der Waals surface area contributed by atoms with Gasteiger partial charge < -0.3 is 17.2 Å². The van der Waals surface area contributed by atoms with E-state index in [1.165, 1.54) is 37.0 Å². The lowest BCUT2D eigenvalue weighted by molar-refractivity contribution is 0.418. The molecule has 2 fully saturated rings. The molecule has 4 heteroatoms. The van der Waals surface area contributed by atoms with Crippen molar-refractivity contribution >= 4 is 11.3 Å². The first-order valence-electron chi connectivity index (χ1n) is 6.94. The van der Waals surface area contributed by atoms with Crippen molar-refractivity contribution in [2.75, 3.05) is 13.1 Å². The van der Waals surface area contributed by atoms with Crippen LogP contribution in [0.4, 0.5) is 0 Å². The van der Waals surface area contributed by atoms with E-state index in [9.17, 15) is 0 Å². The van der Waals surface area contributed by atoms with Crippen LogP contribution in [0, 0.1) is 5.92 Å². The Labute approximate surface area is 115 Å². The summed E-state index contributed by atoms with van der Waals surface area (Å²) in [6, 6.07) is 4.72. The third-order valence-corrected chi connectivity index (χ3v) is 4.09. The van der Waals surface area contributed by atoms with Crippen molar-refractivity contribution in [2.45, 2.75) is 44.6 Å². The van der Waals surface area contributed by atoms with Crippen LogP contribution >= 0.6 is 11.3 Å². The van der Waals surface area contributed by atoms with Crippen molar-refractivity contribution in [3.05, 3.63) is 22.4 Å². The minimum Gasteiger partial charge on any atom is -0.330 e. The van der Waals surface area contributed by atoms with Gasteiger partial charge in [0.2, 0.25) is 0 Å². The molecule has 1 heterocycles. The Kier molecular flexibility index (Phi) is 8.25. The predicted octanol–water partition coefficient (Wildman–Crippen LogP) is 2.10. The summed E-state index contributed by atoms with van der Waals surface area (Å²) in [6.07, 6.45) is 7.69. The standard InChI is InChI=1S/C6H9NS.2C4H9N/c7-4-3-6-2-1-5-8-6;5-3-4-1-2-4;5-4-2-1-3-4/h1-2,5H,3-4,7H2;2*4H,1-3,5H2. The predicted molar refractivity (Wildman–Crippen MR) is 80.7 cm³/mol. The van der Waals surface area contributed by atoms with Crippen molar-refractivity contribution < 1.29 is 0 Å². The Hall–Kier alpha value is -0.420. The quantitative estimate of drug-likeness (QED) is 0.786. The van der Waals surface area contributed by atoms with Gasteiger partial charge in [-0.15, -0.1) is 11.3 Å². The normalized spacial score (nSPS) is 17.9. The average Bonchev–Trinajstić information content (AvgIpc) is 3.07. The van der Waals surface area contributed by atoms with Crippen LogP contribution in [-0.2, 0) is 6.42 Å². The zero-order chi connectivity index (χ0) is 13.2. The van der Waals surface area contributed by atoms with Gasteiger partial charge in [-0.3, -0.25) is 0 Å². The maximum absolute atomic E-state index is 5.38. The summed E-state index contributed by atoms with van der Waals surface area (Å²) < 4.78 is 0. The van der Waals surface area contributed by atoms with Crippen LogP contribution in [0.3, 0.4) is 0 Å². The summed E-state index contributed by atoms with van der Waals surface area (Å²) in [5, 5.41) is 2.07. The molecule has 104 valence electrons. The van der Waals surface area contributed by atoms with Crippen LogP contribution in [0.2, 0.25) is 0 Å². The summed E-state index contributed by atoms with van der Waals surface area (Å²) in [6.45, 7) is 1.68. The lowest BCUT2D eigenvalue weighted by atomic mass is 9.95. The van der Waals surface area contributed by atoms with Gasteiger partial charge in [0.05, 0.1) is 0 Å². The van der Waals surface area contributed by atoms with Crippen molar-refractivity contribution in [3.63, 3.8) is 0 Å². The highest BCUT2D eigenvalue weighted by Crippen LogP contribution is 2.26. The van der Waals surface area contributed by atoms with E-state index in [-0.39, 0.29) is 0 Å². The molecule has 18 heavy (non-hydrogen) atoms. The minimum atomic E-state index is 0.565. The first-order valence-corrected chi connectivity index (χ1v) is 7.82. The molecule has 6 N–H and O–H groups in total. The molecule has 0 unspecified atom stereocenters. The van der Waals surface area contributed by atoms with Crippen LogP contribution in [-0.4, -0.2) is 19.1 Å². The Morgan fingerprint density at radius 1 is 1.17 bits per heavy atom. The minimum absolute atomic E-state index is 0.565. The Balaban J connectivity index is 0.000000141. The highest BCUT2D eigenvalue weighted by molar-refractivity contribution is 7.09. The Morgan fingerprint density at radius 3 is 2.06 bits per heavy atom. The smallest absolute Gasteiger partial charge is 0.00577 e. The van der Waals surface area contributed by atoms with Gasteiger partial charge in [0.25, 0.3) is 0 Å². The molecule has 3 nitrogen and oxygen atoms in total. The maximum Gasteiger partial charge on any atom is 0.00577 e. The number of thiophene rings is 1. The van der Waals surface area contributed by atoms with Gasteiger partial charge in [0.15, 0.2) is 0 Å². The van der Waals surface area contributed by atoms with E-state index in [0.29, 0.717) is 6.04 Å². The van der Waals surface area contributed by atoms with Gasteiger partial charge in [-0.25, -0.2) is 0 Å². The highest BCUT2D eigenvalue weighted by Gasteiger charge is 2.17. The number of hydrogen-bond donors (Lipinski definition) is 3. The molecule has 0 amide bonds. The Bertz CT molecular complexity index is 279. The van der Waals surface area contributed by atoms with Gasteiger partial charge in [-0.05, 0) is 62.6 Å². The monoisotopic (exact) mass is 269 g/mol. The van der Waals surface area contributed by atoms with Crippen molar-refractivity contribution in [1.82, 2.24) is 0 Å². The summed E-state index contributed by atoms with van der Waals surface area (Å²) in [5.74, 6) is 0.912. The summed E-state index contributed by atoms with van der Waals surface area (Å²) in [7, 11) is 0. The molecule has 0 saturated heterocycles. The van der Waals surface area contributed by atoms with Crippen molar-refractivity contribution in [3.8, 4) is 0 Å². The summed E-state index contributed by atoms with van der Waals surface area (Å²) in [5.41, 5.74) is 15.9. The molecule has 2 aliphatic carbocycles. The van der Waals surface area contributed by atoms with Gasteiger partial charge in [0, 0.05) is 10.9 Å². The fourth-order valence-corrected chi connectivity index (χ4v) is 2.12. The lowest BCUT2D eigenvalue weighted by Gasteiger charge is -2.18. The first-order chi connectivity index (χ1) is 8.76. The van der Waals surface area contributed by atoms with E-state index >= 15 is 0 Å². The fourth-order valence-electron chi connectivity index (χ4n) is 1.39. The second kappa shape index (κ2) is 9.50. The van der Waals surface area contributed by atoms with E-state index in [1.807, 2.05) is 0 Å². The molecular weight excluding hydrogens is 242 g/mol. The molecule has 2 aliphatic rings. The Morgan fingerprint density at radius 2 is 1.83 bits per heavy atom. The van der Waals surface area contributed by atoms with E-state index in [1.54, 1.807) is 11.3 Å². The average molecular weight is 269 g/mol. The van der Waals surface area contributed by atoms with E-state index in [2.05, 4.69) is 17.5 Å². The zero-order valence-electron chi connectivity index (χ0n) is 11.2. The second-order valence-corrected chi connectivity index (χ2v) is 6.02. The second-order valence-electron chi connectivity index (χ2n) is 4.99. The van der Waals surface area contributed by atoms with Crippen LogP contribution in [0.15, 0.2) is 17.5 Å². The van der Waals surface area contributed by atoms with E-state index in [0.717, 1.165) is 25.4 Å². The van der Waals surface area contributed by atoms with Crippen LogP contribution < -0.4 is 17.2 Å². The summed E-state index contributed by atoms with van der Waals surface area (Å²) in [4.78, 5) is 1.38. The number of nitrogens with two attached hydrogens (primary N) is 3. The SMILES string of the molecule is NC1CCC1.NCC1CC1.NCCc1cccs1. The molecule has 0 atom stereocenters. The molecule has 1 aromatic rings. The highest BCUT2D eigenvalue weighted by atomic mass is 32.1. The topological polar surface area (TPSA) is 78.1 Å². The van der Waals surface area contributed by atoms with Crippen LogP contribution in [0.5, 0.6) is 0 Å². The van der Waals surface area contributed by atoms with E-state index in [4.69, 9.17) is 17.2 Å². The third kappa shape index (κ3) is 7.82. The largest absolute Gasteiger partial charge is 0.330 e. The van der Waals surface area contributed by atoms with Crippen LogP contribution in [0.25, 0.3) is 0 Å². The van der Waals surface area contributed by atoms with Gasteiger partial charge in [-0.1, -0.05) is 12.5 Å². The molecule has 0 radical (unpaired) electrons. The molecule has 0 bridgehead atoms. The molecule has 0 aromatic carbocycles. The van der Waals surface area contributed by atoms with Crippen molar-refractivity contribution in [1.29, 1.82) is 0 Å². The maximum atomic E-state index is 5.38. The molecule has 0 spiro atoms. The van der Waals surface area contributed by atoms with Gasteiger partial charge >= 0.3 is 0 Å². The number of hydrogen-bond acceptors (Lipinski definition) is 4. The van der Waals surface area contributed by atoms with Crippen molar-refractivity contribution in [2.24, 2.45) is 23.1 Å². The summed E-state index contributed by atoms with van der Waals surface area (Å²) >= 11 is 1.77. The third-order valence-electron chi connectivity index (χ3n) is 3.15. The molecule has 2 saturated carbocycles.